The number of carbonyl (C=O) groups is 2. The average Bonchev–Trinajstić information content (AvgIpc) is 2.22. The van der Waals surface area contributed by atoms with Gasteiger partial charge in [0, 0.05) is 13.8 Å². The van der Waals surface area contributed by atoms with E-state index in [4.69, 9.17) is 19.8 Å². The van der Waals surface area contributed by atoms with E-state index in [-0.39, 0.29) is 0 Å². The zero-order chi connectivity index (χ0) is 13.4. The number of hydrogen-bond donors (Lipinski definition) is 2. The van der Waals surface area contributed by atoms with Crippen LogP contribution in [0, 0.1) is 0 Å². The van der Waals surface area contributed by atoms with Crippen LogP contribution >= 0.6 is 0 Å². The van der Waals surface area contributed by atoms with Crippen LogP contribution in [0.5, 0.6) is 0 Å². The largest absolute Gasteiger partial charge is 0.481 e. The Morgan fingerprint density at radius 1 is 0.688 bits per heavy atom. The summed E-state index contributed by atoms with van der Waals surface area (Å²) in [5.41, 5.74) is 0. The minimum Gasteiger partial charge on any atom is -0.481 e. The van der Waals surface area contributed by atoms with Crippen molar-refractivity contribution in [1.82, 2.24) is 0 Å². The molecule has 0 aliphatic carbocycles. The van der Waals surface area contributed by atoms with Crippen LogP contribution < -0.4 is 0 Å². The molecule has 1 aromatic rings. The summed E-state index contributed by atoms with van der Waals surface area (Å²) in [6.45, 7) is 6.17. The van der Waals surface area contributed by atoms with E-state index in [1.165, 1.54) is 0 Å². The van der Waals surface area contributed by atoms with E-state index in [0.29, 0.717) is 0 Å². The van der Waals surface area contributed by atoms with Crippen LogP contribution in [0.4, 0.5) is 0 Å². The second-order valence-electron chi connectivity index (χ2n) is 2.19. The summed E-state index contributed by atoms with van der Waals surface area (Å²) in [7, 11) is 0. The molecule has 0 fully saturated rings. The van der Waals surface area contributed by atoms with Crippen molar-refractivity contribution in [2.24, 2.45) is 0 Å². The molecule has 0 radical (unpaired) electrons. The molecule has 0 aromatic heterocycles. The molecular formula is C12H20O4. The molecule has 16 heavy (non-hydrogen) atoms. The Labute approximate surface area is 96.6 Å². The Hall–Kier alpha value is -1.84. The molecule has 92 valence electrons. The lowest BCUT2D eigenvalue weighted by Crippen LogP contribution is -1.78. The maximum atomic E-state index is 9.00. The van der Waals surface area contributed by atoms with E-state index in [1.54, 1.807) is 0 Å². The SMILES string of the molecule is CC.CC(=O)O.CC(=O)O.c1ccccc1. The number of carboxylic acids is 2. The van der Waals surface area contributed by atoms with Gasteiger partial charge >= 0.3 is 0 Å². The molecule has 4 nitrogen and oxygen atoms in total. The van der Waals surface area contributed by atoms with Crippen molar-refractivity contribution in [3.05, 3.63) is 36.4 Å². The Morgan fingerprint density at radius 2 is 0.750 bits per heavy atom. The first-order chi connectivity index (χ1) is 7.46. The van der Waals surface area contributed by atoms with Crippen LogP contribution in [0.1, 0.15) is 27.7 Å². The van der Waals surface area contributed by atoms with Gasteiger partial charge in [0.2, 0.25) is 0 Å². The summed E-state index contributed by atoms with van der Waals surface area (Å²) in [6.07, 6.45) is 0. The Balaban J connectivity index is -0.000000152. The highest BCUT2D eigenvalue weighted by Crippen LogP contribution is 1.79. The molecule has 0 amide bonds. The number of aliphatic carboxylic acids is 2. The van der Waals surface area contributed by atoms with Crippen LogP contribution in [0.25, 0.3) is 0 Å². The fourth-order valence-corrected chi connectivity index (χ4v) is 0.385. The molecule has 0 saturated heterocycles. The van der Waals surface area contributed by atoms with Gasteiger partial charge in [-0.2, -0.15) is 0 Å². The molecule has 0 aliphatic rings. The van der Waals surface area contributed by atoms with E-state index in [0.717, 1.165) is 13.8 Å². The first-order valence-electron chi connectivity index (χ1n) is 4.86. The van der Waals surface area contributed by atoms with E-state index in [9.17, 15) is 0 Å². The van der Waals surface area contributed by atoms with Gasteiger partial charge in [-0.3, -0.25) is 9.59 Å². The first-order valence-corrected chi connectivity index (χ1v) is 4.86. The molecule has 1 rings (SSSR count). The van der Waals surface area contributed by atoms with Crippen molar-refractivity contribution in [3.8, 4) is 0 Å². The minimum atomic E-state index is -0.833. The van der Waals surface area contributed by atoms with Crippen LogP contribution in [0.3, 0.4) is 0 Å². The van der Waals surface area contributed by atoms with Gasteiger partial charge in [0.05, 0.1) is 0 Å². The van der Waals surface area contributed by atoms with Crippen molar-refractivity contribution in [1.29, 1.82) is 0 Å². The summed E-state index contributed by atoms with van der Waals surface area (Å²) in [4.78, 5) is 18.0. The summed E-state index contributed by atoms with van der Waals surface area (Å²) >= 11 is 0. The van der Waals surface area contributed by atoms with Gasteiger partial charge in [0.25, 0.3) is 11.9 Å². The van der Waals surface area contributed by atoms with Gasteiger partial charge in [0.15, 0.2) is 0 Å². The van der Waals surface area contributed by atoms with Gasteiger partial charge in [0.1, 0.15) is 0 Å². The third-order valence-corrected chi connectivity index (χ3v) is 0.667. The van der Waals surface area contributed by atoms with Crippen molar-refractivity contribution < 1.29 is 19.8 Å². The first kappa shape index (κ1) is 19.7. The maximum Gasteiger partial charge on any atom is 0.300 e. The van der Waals surface area contributed by atoms with Crippen molar-refractivity contribution in [3.63, 3.8) is 0 Å². The zero-order valence-corrected chi connectivity index (χ0v) is 10.2. The van der Waals surface area contributed by atoms with Crippen LogP contribution in [0.2, 0.25) is 0 Å². The predicted octanol–water partition coefficient (Wildman–Crippen LogP) is 2.89. The van der Waals surface area contributed by atoms with Gasteiger partial charge < -0.3 is 10.2 Å². The summed E-state index contributed by atoms with van der Waals surface area (Å²) in [5, 5.41) is 14.8. The van der Waals surface area contributed by atoms with Gasteiger partial charge in [-0.25, -0.2) is 0 Å². The zero-order valence-electron chi connectivity index (χ0n) is 10.2. The topological polar surface area (TPSA) is 74.6 Å². The molecule has 1 aromatic carbocycles. The Morgan fingerprint density at radius 3 is 0.812 bits per heavy atom. The fourth-order valence-electron chi connectivity index (χ4n) is 0.385. The van der Waals surface area contributed by atoms with Crippen LogP contribution in [-0.2, 0) is 9.59 Å². The van der Waals surface area contributed by atoms with Crippen LogP contribution in [-0.4, -0.2) is 22.2 Å². The fraction of sp³-hybridized carbons (Fsp3) is 0.333. The lowest BCUT2D eigenvalue weighted by molar-refractivity contribution is -0.135. The molecular weight excluding hydrogens is 208 g/mol. The minimum absolute atomic E-state index is 0.833. The normalized spacial score (nSPS) is 6.50. The summed E-state index contributed by atoms with van der Waals surface area (Å²) in [5.74, 6) is -1.67. The standard InChI is InChI=1S/C6H6.2C2H4O2.C2H6/c1-2-4-6-5-3-1;2*1-2(3)4;1-2/h1-6H;2*1H3,(H,3,4);1-2H3. The van der Waals surface area contributed by atoms with Gasteiger partial charge in [-0.1, -0.05) is 50.2 Å². The number of benzene rings is 1. The van der Waals surface area contributed by atoms with Crippen molar-refractivity contribution >= 4 is 11.9 Å². The molecule has 0 unspecified atom stereocenters. The molecule has 0 atom stereocenters. The van der Waals surface area contributed by atoms with Crippen molar-refractivity contribution in [2.75, 3.05) is 0 Å². The Bertz CT molecular complexity index is 198. The highest BCUT2D eigenvalue weighted by atomic mass is 16.4. The quantitative estimate of drug-likeness (QED) is 0.716. The lowest BCUT2D eigenvalue weighted by Gasteiger charge is -1.69. The highest BCUT2D eigenvalue weighted by molar-refractivity contribution is 5.63. The number of rotatable bonds is 0. The smallest absolute Gasteiger partial charge is 0.300 e. The van der Waals surface area contributed by atoms with Crippen molar-refractivity contribution in [2.45, 2.75) is 27.7 Å². The lowest BCUT2D eigenvalue weighted by atomic mass is 10.4. The van der Waals surface area contributed by atoms with E-state index < -0.39 is 11.9 Å². The number of carboxylic acid groups (broad SMARTS) is 2. The molecule has 4 heteroatoms. The third-order valence-electron chi connectivity index (χ3n) is 0.667. The number of hydrogen-bond acceptors (Lipinski definition) is 2. The van der Waals surface area contributed by atoms with E-state index in [2.05, 4.69) is 0 Å². The van der Waals surface area contributed by atoms with Crippen LogP contribution in [0.15, 0.2) is 36.4 Å². The molecule has 2 N–H and O–H groups in total. The molecule has 0 bridgehead atoms. The molecule has 0 aliphatic heterocycles. The molecule has 0 heterocycles. The van der Waals surface area contributed by atoms with E-state index >= 15 is 0 Å². The summed E-state index contributed by atoms with van der Waals surface area (Å²) < 4.78 is 0. The van der Waals surface area contributed by atoms with Gasteiger partial charge in [-0.05, 0) is 0 Å². The molecule has 0 saturated carbocycles. The molecule has 0 spiro atoms. The Kier molecular flexibility index (Phi) is 23.2. The second-order valence-corrected chi connectivity index (χ2v) is 2.19. The average molecular weight is 228 g/mol. The second kappa shape index (κ2) is 18.9. The maximum absolute atomic E-state index is 9.00. The third kappa shape index (κ3) is 87.5. The summed E-state index contributed by atoms with van der Waals surface area (Å²) in [6, 6.07) is 12.0. The highest BCUT2D eigenvalue weighted by Gasteiger charge is 1.66. The predicted molar refractivity (Wildman–Crippen MR) is 64.4 cm³/mol. The van der Waals surface area contributed by atoms with E-state index in [1.807, 2.05) is 50.2 Å². The monoisotopic (exact) mass is 228 g/mol. The van der Waals surface area contributed by atoms with Gasteiger partial charge in [-0.15, -0.1) is 0 Å².